The van der Waals surface area contributed by atoms with Gasteiger partial charge in [0, 0.05) is 69.7 Å². The molecule has 70 heavy (non-hydrogen) atoms. The molecular weight excluding hydrogens is 913 g/mol. The highest BCUT2D eigenvalue weighted by molar-refractivity contribution is 7.85. The van der Waals surface area contributed by atoms with E-state index in [0.29, 0.717) is 16.7 Å². The number of ether oxygens (including phenoxy) is 1. The molecule has 15 heteroatoms. The van der Waals surface area contributed by atoms with Crippen molar-refractivity contribution in [2.45, 2.75) is 77.7 Å². The SMILES string of the molecule is CC[N+](CC)=C1C=CC2C(=C1)OC(C(C)(C)C)=CC2/C=C/C=C1/C(CC(=O)NCc2c(O)ccc3c(-c4cc(C(=O)O)ccc4C(=O)O)c4ccc(=O)cc-4oc23)c2ccc(S(=O)(=O)O)cc2C1(C)C. The highest BCUT2D eigenvalue weighted by Crippen LogP contribution is 2.52. The quantitative estimate of drug-likeness (QED) is 0.0448. The lowest BCUT2D eigenvalue weighted by molar-refractivity contribution is -0.519. The molecule has 3 aromatic rings. The summed E-state index contributed by atoms with van der Waals surface area (Å²) >= 11 is 0. The monoisotopic (exact) mass is 967 g/mol. The van der Waals surface area contributed by atoms with Gasteiger partial charge in [0.1, 0.15) is 41.7 Å². The van der Waals surface area contributed by atoms with Crippen molar-refractivity contribution >= 4 is 44.6 Å². The number of hydrogen-bond acceptors (Lipinski definition) is 9. The predicted octanol–water partition coefficient (Wildman–Crippen LogP) is 9.62. The summed E-state index contributed by atoms with van der Waals surface area (Å²) in [5.74, 6) is -2.36. The minimum Gasteiger partial charge on any atom is -0.507 e. The van der Waals surface area contributed by atoms with Crippen LogP contribution in [0.25, 0.3) is 33.4 Å². The molecule has 3 unspecified atom stereocenters. The Bertz CT molecular complexity index is 3350. The van der Waals surface area contributed by atoms with Gasteiger partial charge in [-0.05, 0) is 91.2 Å². The van der Waals surface area contributed by atoms with E-state index < -0.39 is 44.7 Å². The smallest absolute Gasteiger partial charge is 0.336 e. The summed E-state index contributed by atoms with van der Waals surface area (Å²) in [4.78, 5) is 51.3. The lowest BCUT2D eigenvalue weighted by Crippen LogP contribution is -2.29. The normalized spacial score (nSPS) is 19.2. The molecule has 0 fully saturated rings. The number of carboxylic acid groups (broad SMARTS) is 2. The number of phenolic OH excluding ortho intramolecular Hbond substituents is 1. The number of amides is 1. The van der Waals surface area contributed by atoms with Gasteiger partial charge in [0.15, 0.2) is 5.43 Å². The van der Waals surface area contributed by atoms with Crippen LogP contribution in [0.5, 0.6) is 5.75 Å². The fourth-order valence-electron chi connectivity index (χ4n) is 9.89. The largest absolute Gasteiger partial charge is 0.507 e. The first-order valence-corrected chi connectivity index (χ1v) is 24.5. The van der Waals surface area contributed by atoms with E-state index >= 15 is 0 Å². The standard InChI is InChI=1S/C55H54N2O12S/c1-8-57(9-2)32-14-18-35-30(24-48(54(3,4)5)68-46(35)25-32)11-10-12-43-40(36-20-16-34(70(65,66)67)27-44(36)55(43,6)7)28-49(60)56-29-42-45(59)22-21-39-50(38-19-15-33(58)26-47(38)69-51(39)42)41-23-31(52(61)62)13-17-37(41)53(63)64/h10-27,30,35,40H,8-9,28-29H2,1-7H3,(H4-,56,58,59,60,61,62,63,64,65,66,67)/p+1/b11-10+,43-12-. The number of carboxylic acids is 2. The van der Waals surface area contributed by atoms with E-state index in [1.807, 2.05) is 26.0 Å². The van der Waals surface area contributed by atoms with Crippen LogP contribution in [0.3, 0.4) is 0 Å². The number of benzene rings is 4. The van der Waals surface area contributed by atoms with Crippen LogP contribution in [-0.2, 0) is 31.6 Å². The van der Waals surface area contributed by atoms with Crippen LogP contribution in [-0.4, -0.2) is 69.5 Å². The molecular formula is C55H55N2O12S+. The molecule has 0 spiro atoms. The Balaban J connectivity index is 1.17. The Morgan fingerprint density at radius 2 is 1.67 bits per heavy atom. The number of rotatable bonds is 12. The molecule has 0 bridgehead atoms. The van der Waals surface area contributed by atoms with Gasteiger partial charge in [0.2, 0.25) is 11.6 Å². The molecule has 3 aliphatic carbocycles. The van der Waals surface area contributed by atoms with Crippen LogP contribution in [0.4, 0.5) is 0 Å². The number of carbonyl (C=O) groups excluding carboxylic acids is 1. The zero-order valence-corrected chi connectivity index (χ0v) is 40.7. The Labute approximate surface area is 405 Å². The number of phenols is 1. The van der Waals surface area contributed by atoms with E-state index in [2.05, 4.69) is 74.9 Å². The van der Waals surface area contributed by atoms with Crippen molar-refractivity contribution in [2.24, 2.45) is 17.3 Å². The number of hydrogen-bond donors (Lipinski definition) is 5. The molecule has 1 amide bonds. The number of nitrogens with one attached hydrogen (secondary N) is 1. The summed E-state index contributed by atoms with van der Waals surface area (Å²) in [5, 5.41) is 34.6. The Kier molecular flexibility index (Phi) is 13.0. The molecule has 3 aromatic carbocycles. The van der Waals surface area contributed by atoms with E-state index in [1.165, 1.54) is 60.7 Å². The molecule has 3 atom stereocenters. The van der Waals surface area contributed by atoms with Gasteiger partial charge in [-0.15, -0.1) is 0 Å². The summed E-state index contributed by atoms with van der Waals surface area (Å²) in [6.07, 6.45) is 14.5. The van der Waals surface area contributed by atoms with Crippen LogP contribution >= 0.6 is 0 Å². The fourth-order valence-corrected chi connectivity index (χ4v) is 10.4. The van der Waals surface area contributed by atoms with Crippen molar-refractivity contribution < 1.29 is 56.4 Å². The summed E-state index contributed by atoms with van der Waals surface area (Å²) in [5.41, 5.74) is 1.98. The molecule has 0 radical (unpaired) electrons. The number of aromatic hydroxyl groups is 1. The van der Waals surface area contributed by atoms with Gasteiger partial charge in [0.25, 0.3) is 10.1 Å². The third-order valence-electron chi connectivity index (χ3n) is 13.6. The van der Waals surface area contributed by atoms with E-state index in [-0.39, 0.29) is 85.4 Å². The van der Waals surface area contributed by atoms with Crippen molar-refractivity contribution in [3.63, 3.8) is 0 Å². The maximum absolute atomic E-state index is 14.3. The summed E-state index contributed by atoms with van der Waals surface area (Å²) in [6, 6.07) is 14.7. The second-order valence-electron chi connectivity index (χ2n) is 19.3. The van der Waals surface area contributed by atoms with Gasteiger partial charge in [0.05, 0.1) is 28.1 Å². The maximum atomic E-state index is 14.3. The zero-order valence-electron chi connectivity index (χ0n) is 39.9. The van der Waals surface area contributed by atoms with E-state index in [0.717, 1.165) is 35.9 Å². The molecule has 362 valence electrons. The van der Waals surface area contributed by atoms with Crippen molar-refractivity contribution in [1.82, 2.24) is 5.32 Å². The van der Waals surface area contributed by atoms with Crippen molar-refractivity contribution in [3.05, 3.63) is 164 Å². The lowest BCUT2D eigenvalue weighted by atomic mass is 9.79. The van der Waals surface area contributed by atoms with Crippen LogP contribution in [0.2, 0.25) is 0 Å². The fraction of sp³-hybridized carbons (Fsp3) is 0.291. The van der Waals surface area contributed by atoms with Gasteiger partial charge in [-0.2, -0.15) is 8.42 Å². The summed E-state index contributed by atoms with van der Waals surface area (Å²) < 4.78 is 49.9. The average Bonchev–Trinajstić information content (AvgIpc) is 3.50. The molecule has 5 aliphatic rings. The third kappa shape index (κ3) is 9.26. The average molecular weight is 968 g/mol. The highest BCUT2D eigenvalue weighted by Gasteiger charge is 2.43. The van der Waals surface area contributed by atoms with Gasteiger partial charge >= 0.3 is 11.9 Å². The van der Waals surface area contributed by atoms with Gasteiger partial charge in [-0.25, -0.2) is 14.2 Å². The van der Waals surface area contributed by atoms with Crippen molar-refractivity contribution in [1.29, 1.82) is 0 Å². The molecule has 0 saturated carbocycles. The summed E-state index contributed by atoms with van der Waals surface area (Å²) in [6.45, 7) is 15.8. The molecule has 0 saturated heterocycles. The second-order valence-corrected chi connectivity index (χ2v) is 20.7. The lowest BCUT2D eigenvalue weighted by Gasteiger charge is -2.35. The van der Waals surface area contributed by atoms with Gasteiger partial charge in [-0.1, -0.05) is 70.6 Å². The molecule has 14 nitrogen and oxygen atoms in total. The number of fused-ring (bicyclic) bond motifs is 4. The maximum Gasteiger partial charge on any atom is 0.336 e. The van der Waals surface area contributed by atoms with Crippen LogP contribution in [0, 0.1) is 17.3 Å². The topological polar surface area (TPSA) is 221 Å². The highest BCUT2D eigenvalue weighted by atomic mass is 32.2. The van der Waals surface area contributed by atoms with E-state index in [9.17, 15) is 47.5 Å². The van der Waals surface area contributed by atoms with Crippen LogP contribution in [0.15, 0.2) is 140 Å². The Morgan fingerprint density at radius 3 is 2.34 bits per heavy atom. The van der Waals surface area contributed by atoms with Crippen LogP contribution < -0.4 is 10.7 Å². The summed E-state index contributed by atoms with van der Waals surface area (Å²) in [7, 11) is -4.57. The first-order chi connectivity index (χ1) is 33.0. The van der Waals surface area contributed by atoms with Gasteiger partial charge in [-0.3, -0.25) is 14.1 Å². The molecule has 8 rings (SSSR count). The Morgan fingerprint density at radius 1 is 0.929 bits per heavy atom. The first-order valence-electron chi connectivity index (χ1n) is 23.0. The predicted molar refractivity (Wildman–Crippen MR) is 265 cm³/mol. The molecule has 0 aromatic heterocycles. The van der Waals surface area contributed by atoms with E-state index in [4.69, 9.17) is 9.15 Å². The zero-order chi connectivity index (χ0) is 50.6. The number of carbonyl (C=O) groups is 3. The van der Waals surface area contributed by atoms with Crippen molar-refractivity contribution in [3.8, 4) is 28.2 Å². The first kappa shape index (κ1) is 49.1. The number of allylic oxidation sites excluding steroid dienone is 9. The van der Waals surface area contributed by atoms with Gasteiger partial charge < -0.3 is 29.8 Å². The third-order valence-corrected chi connectivity index (χ3v) is 14.4. The van der Waals surface area contributed by atoms with E-state index in [1.54, 1.807) is 6.07 Å². The molecule has 2 aliphatic heterocycles. The van der Waals surface area contributed by atoms with Crippen molar-refractivity contribution in [2.75, 3.05) is 13.1 Å². The number of nitrogens with zero attached hydrogens (tertiary/aromatic N) is 1. The minimum absolute atomic E-state index is 0.0195. The molecule has 2 heterocycles. The number of aromatic carboxylic acids is 2. The minimum atomic E-state index is -4.57. The molecule has 5 N–H and O–H groups in total. The second kappa shape index (κ2) is 18.5. The van der Waals surface area contributed by atoms with Crippen LogP contribution in [0.1, 0.15) is 98.2 Å². The Hall–Kier alpha value is -7.36.